The van der Waals surface area contributed by atoms with E-state index in [0.29, 0.717) is 25.0 Å². The van der Waals surface area contributed by atoms with Gasteiger partial charge in [-0.15, -0.1) is 0 Å². The van der Waals surface area contributed by atoms with Gasteiger partial charge in [0, 0.05) is 12.8 Å². The van der Waals surface area contributed by atoms with E-state index >= 15 is 0 Å². The highest BCUT2D eigenvalue weighted by Crippen LogP contribution is 2.17. The van der Waals surface area contributed by atoms with Crippen LogP contribution in [0.15, 0.2) is 24.3 Å². The van der Waals surface area contributed by atoms with E-state index in [1.165, 1.54) is 0 Å². The Morgan fingerprint density at radius 2 is 2.18 bits per heavy atom. The highest BCUT2D eigenvalue weighted by atomic mass is 16.7. The minimum atomic E-state index is -0.973. The van der Waals surface area contributed by atoms with Gasteiger partial charge in [-0.1, -0.05) is 18.2 Å². The molecule has 1 fully saturated rings. The quantitative estimate of drug-likeness (QED) is 0.811. The van der Waals surface area contributed by atoms with Crippen LogP contribution in [0.2, 0.25) is 0 Å². The lowest BCUT2D eigenvalue weighted by molar-refractivity contribution is -0.0219. The van der Waals surface area contributed by atoms with Crippen molar-refractivity contribution >= 4 is 12.1 Å². The van der Waals surface area contributed by atoms with Gasteiger partial charge in [0.15, 0.2) is 0 Å². The van der Waals surface area contributed by atoms with Crippen molar-refractivity contribution in [3.8, 4) is 0 Å². The van der Waals surface area contributed by atoms with Gasteiger partial charge in [0.25, 0.3) is 0 Å². The van der Waals surface area contributed by atoms with Crippen LogP contribution in [0.4, 0.5) is 4.79 Å². The van der Waals surface area contributed by atoms with Crippen LogP contribution in [0.5, 0.6) is 0 Å². The van der Waals surface area contributed by atoms with Crippen molar-refractivity contribution in [3.05, 3.63) is 35.4 Å². The summed E-state index contributed by atoms with van der Waals surface area (Å²) in [7, 11) is 0. The summed E-state index contributed by atoms with van der Waals surface area (Å²) in [5, 5.41) is 9.01. The molecule has 0 bridgehead atoms. The molecule has 1 aromatic rings. The molecule has 1 saturated heterocycles. The number of rotatable bonds is 3. The van der Waals surface area contributed by atoms with Gasteiger partial charge in [-0.2, -0.15) is 0 Å². The van der Waals surface area contributed by atoms with Crippen LogP contribution in [0.25, 0.3) is 0 Å². The molecule has 0 saturated carbocycles. The second-order valence-electron chi connectivity index (χ2n) is 3.79. The second-order valence-corrected chi connectivity index (χ2v) is 3.79. The largest absolute Gasteiger partial charge is 0.508 e. The molecule has 1 aliphatic heterocycles. The third-order valence-corrected chi connectivity index (χ3v) is 2.62. The Morgan fingerprint density at radius 3 is 2.88 bits per heavy atom. The van der Waals surface area contributed by atoms with Crippen LogP contribution in [0.3, 0.4) is 0 Å². The standard InChI is InChI=1S/C12H12O5/c13-11(14)10-4-2-1-3-8(10)7-9-5-6-16-12(15)17-9/h1-4,9H,5-7H2,(H,13,14). The van der Waals surface area contributed by atoms with Gasteiger partial charge >= 0.3 is 12.1 Å². The van der Waals surface area contributed by atoms with E-state index in [1.54, 1.807) is 24.3 Å². The van der Waals surface area contributed by atoms with Gasteiger partial charge in [-0.05, 0) is 11.6 Å². The number of cyclic esters (lactones) is 2. The van der Waals surface area contributed by atoms with E-state index < -0.39 is 12.1 Å². The zero-order chi connectivity index (χ0) is 12.3. The van der Waals surface area contributed by atoms with E-state index in [0.717, 1.165) is 0 Å². The fraction of sp³-hybridized carbons (Fsp3) is 0.333. The Bertz CT molecular complexity index is 440. The van der Waals surface area contributed by atoms with Gasteiger partial charge < -0.3 is 14.6 Å². The summed E-state index contributed by atoms with van der Waals surface area (Å²) in [6, 6.07) is 6.71. The number of hydrogen-bond donors (Lipinski definition) is 1. The fourth-order valence-electron chi connectivity index (χ4n) is 1.80. The summed E-state index contributed by atoms with van der Waals surface area (Å²) in [6.45, 7) is 0.318. The molecule has 5 nitrogen and oxygen atoms in total. The van der Waals surface area contributed by atoms with Crippen molar-refractivity contribution in [2.24, 2.45) is 0 Å². The first-order chi connectivity index (χ1) is 8.16. The summed E-state index contributed by atoms with van der Waals surface area (Å²) < 4.78 is 9.62. The average Bonchev–Trinajstić information content (AvgIpc) is 2.29. The van der Waals surface area contributed by atoms with Gasteiger partial charge in [0.1, 0.15) is 6.10 Å². The van der Waals surface area contributed by atoms with E-state index in [4.69, 9.17) is 9.84 Å². The normalized spacial score (nSPS) is 19.3. The van der Waals surface area contributed by atoms with Crippen LogP contribution in [-0.2, 0) is 15.9 Å². The van der Waals surface area contributed by atoms with Crippen LogP contribution < -0.4 is 0 Å². The lowest BCUT2D eigenvalue weighted by atomic mass is 10.00. The molecule has 2 rings (SSSR count). The molecule has 1 atom stereocenters. The maximum atomic E-state index is 11.0. The molecule has 0 radical (unpaired) electrons. The Labute approximate surface area is 98.0 Å². The molecule has 0 aromatic heterocycles. The van der Waals surface area contributed by atoms with Crippen molar-refractivity contribution in [2.45, 2.75) is 18.9 Å². The van der Waals surface area contributed by atoms with E-state index in [-0.39, 0.29) is 11.7 Å². The predicted molar refractivity (Wildman–Crippen MR) is 57.9 cm³/mol. The maximum Gasteiger partial charge on any atom is 0.508 e. The SMILES string of the molecule is O=C1OCCC(Cc2ccccc2C(=O)O)O1. The molecular formula is C12H12O5. The number of carboxylic acids is 1. The highest BCUT2D eigenvalue weighted by Gasteiger charge is 2.23. The topological polar surface area (TPSA) is 72.8 Å². The molecule has 1 aliphatic rings. The monoisotopic (exact) mass is 236 g/mol. The first kappa shape index (κ1) is 11.4. The first-order valence-electron chi connectivity index (χ1n) is 5.31. The number of ether oxygens (including phenoxy) is 2. The molecule has 90 valence electrons. The molecule has 17 heavy (non-hydrogen) atoms. The minimum absolute atomic E-state index is 0.245. The summed E-state index contributed by atoms with van der Waals surface area (Å²) in [5.41, 5.74) is 0.912. The molecule has 0 spiro atoms. The molecule has 1 heterocycles. The lowest BCUT2D eigenvalue weighted by Gasteiger charge is -2.22. The smallest absolute Gasteiger partial charge is 0.478 e. The molecule has 0 amide bonds. The van der Waals surface area contributed by atoms with Crippen molar-refractivity contribution in [2.75, 3.05) is 6.61 Å². The molecule has 5 heteroatoms. The summed E-state index contributed by atoms with van der Waals surface area (Å²) in [6.07, 6.45) is -0.0112. The van der Waals surface area contributed by atoms with Gasteiger partial charge in [0.2, 0.25) is 0 Å². The zero-order valence-corrected chi connectivity index (χ0v) is 9.09. The Kier molecular flexibility index (Phi) is 3.27. The average molecular weight is 236 g/mol. The molecular weight excluding hydrogens is 224 g/mol. The van der Waals surface area contributed by atoms with Crippen molar-refractivity contribution in [3.63, 3.8) is 0 Å². The third kappa shape index (κ3) is 2.75. The maximum absolute atomic E-state index is 11.0. The van der Waals surface area contributed by atoms with Gasteiger partial charge in [0.05, 0.1) is 12.2 Å². The zero-order valence-electron chi connectivity index (χ0n) is 9.09. The Morgan fingerprint density at radius 1 is 1.41 bits per heavy atom. The fourth-order valence-corrected chi connectivity index (χ4v) is 1.80. The van der Waals surface area contributed by atoms with Gasteiger partial charge in [-0.3, -0.25) is 0 Å². The van der Waals surface area contributed by atoms with Crippen molar-refractivity contribution in [1.29, 1.82) is 0 Å². The number of carbonyl (C=O) groups is 2. The van der Waals surface area contributed by atoms with Crippen LogP contribution in [0, 0.1) is 0 Å². The summed E-state index contributed by atoms with van der Waals surface area (Å²) >= 11 is 0. The molecule has 1 aromatic carbocycles. The minimum Gasteiger partial charge on any atom is -0.478 e. The number of carboxylic acid groups (broad SMARTS) is 1. The number of hydrogen-bond acceptors (Lipinski definition) is 4. The van der Waals surface area contributed by atoms with Crippen LogP contribution in [0.1, 0.15) is 22.3 Å². The summed E-state index contributed by atoms with van der Waals surface area (Å²) in [5.74, 6) is -0.973. The Hall–Kier alpha value is -2.04. The number of benzene rings is 1. The lowest BCUT2D eigenvalue weighted by Crippen LogP contribution is -2.29. The number of carbonyl (C=O) groups excluding carboxylic acids is 1. The highest BCUT2D eigenvalue weighted by molar-refractivity contribution is 5.89. The van der Waals surface area contributed by atoms with Gasteiger partial charge in [-0.25, -0.2) is 9.59 Å². The van der Waals surface area contributed by atoms with Crippen LogP contribution in [-0.4, -0.2) is 29.9 Å². The first-order valence-corrected chi connectivity index (χ1v) is 5.31. The summed E-state index contributed by atoms with van der Waals surface area (Å²) in [4.78, 5) is 21.9. The van der Waals surface area contributed by atoms with E-state index in [1.807, 2.05) is 0 Å². The van der Waals surface area contributed by atoms with Crippen molar-refractivity contribution < 1.29 is 24.2 Å². The molecule has 1 unspecified atom stereocenters. The van der Waals surface area contributed by atoms with Crippen molar-refractivity contribution in [1.82, 2.24) is 0 Å². The molecule has 0 aliphatic carbocycles. The van der Waals surface area contributed by atoms with Crippen LogP contribution >= 0.6 is 0 Å². The molecule has 1 N–H and O–H groups in total. The van der Waals surface area contributed by atoms with E-state index in [9.17, 15) is 9.59 Å². The second kappa shape index (κ2) is 4.86. The Balaban J connectivity index is 2.12. The van der Waals surface area contributed by atoms with E-state index in [2.05, 4.69) is 4.74 Å². The third-order valence-electron chi connectivity index (χ3n) is 2.62. The number of aromatic carboxylic acids is 1. The predicted octanol–water partition coefficient (Wildman–Crippen LogP) is 1.85.